The minimum Gasteiger partial charge on any atom is -0.469 e. The van der Waals surface area contributed by atoms with Crippen molar-refractivity contribution in [2.24, 2.45) is 11.7 Å². The smallest absolute Gasteiger partial charge is 0.310 e. The lowest BCUT2D eigenvalue weighted by Gasteiger charge is -2.23. The highest BCUT2D eigenvalue weighted by Gasteiger charge is 2.26. The second-order valence-electron chi connectivity index (χ2n) is 3.79. The van der Waals surface area contributed by atoms with Gasteiger partial charge in [-0.25, -0.2) is 0 Å². The Hall–Kier alpha value is -0.570. The van der Waals surface area contributed by atoms with E-state index in [1.54, 1.807) is 0 Å². The lowest BCUT2D eigenvalue weighted by Crippen LogP contribution is -2.36. The number of hydrogen-bond donors (Lipinski definition) is 1. The minimum atomic E-state index is -0.130. The lowest BCUT2D eigenvalue weighted by atomic mass is 9.87. The molecule has 1 fully saturated rings. The standard InChI is InChI=1S/C10H19NO2/c1-13-10(12)8-6-4-2-3-5-7-9(8)11/h8-9H,2-7,11H2,1H3/t8-,9-/m1/s1. The average molecular weight is 185 g/mol. The van der Waals surface area contributed by atoms with Crippen LogP contribution in [0.1, 0.15) is 38.5 Å². The van der Waals surface area contributed by atoms with Crippen LogP contribution in [0.15, 0.2) is 0 Å². The molecule has 1 aliphatic rings. The summed E-state index contributed by atoms with van der Waals surface area (Å²) in [4.78, 5) is 11.3. The van der Waals surface area contributed by atoms with Crippen molar-refractivity contribution in [1.29, 1.82) is 0 Å². The van der Waals surface area contributed by atoms with Crippen molar-refractivity contribution < 1.29 is 9.53 Å². The zero-order chi connectivity index (χ0) is 9.68. The molecule has 3 nitrogen and oxygen atoms in total. The second-order valence-corrected chi connectivity index (χ2v) is 3.79. The van der Waals surface area contributed by atoms with Crippen LogP contribution in [0.2, 0.25) is 0 Å². The Labute approximate surface area is 79.6 Å². The van der Waals surface area contributed by atoms with Crippen LogP contribution in [0.3, 0.4) is 0 Å². The quantitative estimate of drug-likeness (QED) is 0.629. The lowest BCUT2D eigenvalue weighted by molar-refractivity contribution is -0.146. The summed E-state index contributed by atoms with van der Waals surface area (Å²) in [6, 6.07) is 0.00718. The Morgan fingerprint density at radius 1 is 1.23 bits per heavy atom. The molecule has 0 heterocycles. The number of rotatable bonds is 1. The van der Waals surface area contributed by atoms with E-state index >= 15 is 0 Å². The van der Waals surface area contributed by atoms with E-state index in [0.717, 1.165) is 25.7 Å². The molecular weight excluding hydrogens is 166 g/mol. The summed E-state index contributed by atoms with van der Waals surface area (Å²) in [7, 11) is 1.44. The summed E-state index contributed by atoms with van der Waals surface area (Å²) < 4.78 is 4.74. The van der Waals surface area contributed by atoms with Crippen LogP contribution in [-0.2, 0) is 9.53 Å². The fourth-order valence-electron chi connectivity index (χ4n) is 1.96. The van der Waals surface area contributed by atoms with Gasteiger partial charge in [-0.2, -0.15) is 0 Å². The van der Waals surface area contributed by atoms with Crippen molar-refractivity contribution in [3.05, 3.63) is 0 Å². The molecule has 0 aromatic carbocycles. The largest absolute Gasteiger partial charge is 0.469 e. The molecule has 0 aliphatic heterocycles. The molecule has 0 aromatic rings. The van der Waals surface area contributed by atoms with Gasteiger partial charge in [-0.15, -0.1) is 0 Å². The fraction of sp³-hybridized carbons (Fsp3) is 0.900. The van der Waals surface area contributed by atoms with Gasteiger partial charge in [0.15, 0.2) is 0 Å². The maximum Gasteiger partial charge on any atom is 0.310 e. The molecule has 2 atom stereocenters. The Kier molecular flexibility index (Phi) is 4.22. The third-order valence-corrected chi connectivity index (χ3v) is 2.82. The SMILES string of the molecule is COC(=O)[C@@H]1CCCCCC[C@H]1N. The van der Waals surface area contributed by atoms with Crippen LogP contribution >= 0.6 is 0 Å². The van der Waals surface area contributed by atoms with Crippen LogP contribution in [0.25, 0.3) is 0 Å². The van der Waals surface area contributed by atoms with Crippen LogP contribution in [0.4, 0.5) is 0 Å². The molecular formula is C10H19NO2. The molecule has 76 valence electrons. The molecule has 1 saturated carbocycles. The monoisotopic (exact) mass is 185 g/mol. The Balaban J connectivity index is 2.50. The van der Waals surface area contributed by atoms with E-state index < -0.39 is 0 Å². The predicted molar refractivity (Wildman–Crippen MR) is 51.2 cm³/mol. The fourth-order valence-corrected chi connectivity index (χ4v) is 1.96. The molecule has 13 heavy (non-hydrogen) atoms. The van der Waals surface area contributed by atoms with Crippen molar-refractivity contribution >= 4 is 5.97 Å². The van der Waals surface area contributed by atoms with Crippen LogP contribution in [-0.4, -0.2) is 19.1 Å². The van der Waals surface area contributed by atoms with Crippen LogP contribution < -0.4 is 5.73 Å². The molecule has 0 unspecified atom stereocenters. The Morgan fingerprint density at radius 2 is 1.85 bits per heavy atom. The molecule has 2 N–H and O–H groups in total. The molecule has 0 amide bonds. The van der Waals surface area contributed by atoms with E-state index in [1.807, 2.05) is 0 Å². The van der Waals surface area contributed by atoms with Crippen molar-refractivity contribution in [2.75, 3.05) is 7.11 Å². The summed E-state index contributed by atoms with van der Waals surface area (Å²) in [5.74, 6) is -0.195. The van der Waals surface area contributed by atoms with Crippen LogP contribution in [0.5, 0.6) is 0 Å². The van der Waals surface area contributed by atoms with Gasteiger partial charge in [-0.1, -0.05) is 25.7 Å². The molecule has 3 heteroatoms. The molecule has 0 aromatic heterocycles. The summed E-state index contributed by atoms with van der Waals surface area (Å²) in [6.07, 6.45) is 6.58. The normalized spacial score (nSPS) is 30.3. The van der Waals surface area contributed by atoms with E-state index in [2.05, 4.69) is 0 Å². The highest BCUT2D eigenvalue weighted by Crippen LogP contribution is 2.22. The van der Waals surface area contributed by atoms with Crippen molar-refractivity contribution in [1.82, 2.24) is 0 Å². The van der Waals surface area contributed by atoms with Crippen molar-refractivity contribution in [3.63, 3.8) is 0 Å². The molecule has 1 aliphatic carbocycles. The van der Waals surface area contributed by atoms with Gasteiger partial charge in [-0.05, 0) is 12.8 Å². The number of esters is 1. The zero-order valence-electron chi connectivity index (χ0n) is 8.29. The van der Waals surface area contributed by atoms with E-state index in [9.17, 15) is 4.79 Å². The minimum absolute atomic E-state index is 0.00718. The first-order valence-electron chi connectivity index (χ1n) is 5.09. The molecule has 0 bridgehead atoms. The maximum absolute atomic E-state index is 11.3. The highest BCUT2D eigenvalue weighted by molar-refractivity contribution is 5.73. The number of nitrogens with two attached hydrogens (primary N) is 1. The second kappa shape index (κ2) is 5.22. The Bertz CT molecular complexity index is 170. The first-order valence-corrected chi connectivity index (χ1v) is 5.09. The van der Waals surface area contributed by atoms with Crippen molar-refractivity contribution in [3.8, 4) is 0 Å². The van der Waals surface area contributed by atoms with E-state index in [-0.39, 0.29) is 17.9 Å². The number of carbonyl (C=O) groups is 1. The Morgan fingerprint density at radius 3 is 2.46 bits per heavy atom. The van der Waals surface area contributed by atoms with Gasteiger partial charge < -0.3 is 10.5 Å². The summed E-state index contributed by atoms with van der Waals surface area (Å²) in [5, 5.41) is 0. The summed E-state index contributed by atoms with van der Waals surface area (Å²) >= 11 is 0. The van der Waals surface area contributed by atoms with Gasteiger partial charge in [0.05, 0.1) is 13.0 Å². The van der Waals surface area contributed by atoms with Crippen LogP contribution in [0, 0.1) is 5.92 Å². The third-order valence-electron chi connectivity index (χ3n) is 2.82. The highest BCUT2D eigenvalue weighted by atomic mass is 16.5. The van der Waals surface area contributed by atoms with Gasteiger partial charge >= 0.3 is 5.97 Å². The number of hydrogen-bond acceptors (Lipinski definition) is 3. The average Bonchev–Trinajstić information content (AvgIpc) is 2.11. The molecule has 0 saturated heterocycles. The first-order chi connectivity index (χ1) is 6.25. The van der Waals surface area contributed by atoms with Gasteiger partial charge in [0.1, 0.15) is 0 Å². The third kappa shape index (κ3) is 2.99. The number of carbonyl (C=O) groups excluding carboxylic acids is 1. The molecule has 1 rings (SSSR count). The zero-order valence-corrected chi connectivity index (χ0v) is 8.29. The molecule has 0 radical (unpaired) electrons. The predicted octanol–water partition coefficient (Wildman–Crippen LogP) is 1.46. The summed E-state index contributed by atoms with van der Waals surface area (Å²) in [5.41, 5.74) is 5.92. The number of methoxy groups -OCH3 is 1. The van der Waals surface area contributed by atoms with Gasteiger partial charge in [-0.3, -0.25) is 4.79 Å². The summed E-state index contributed by atoms with van der Waals surface area (Å²) in [6.45, 7) is 0. The maximum atomic E-state index is 11.3. The van der Waals surface area contributed by atoms with E-state index in [0.29, 0.717) is 0 Å². The first kappa shape index (κ1) is 10.5. The van der Waals surface area contributed by atoms with Crippen molar-refractivity contribution in [2.45, 2.75) is 44.6 Å². The number of ether oxygens (including phenoxy) is 1. The van der Waals surface area contributed by atoms with Gasteiger partial charge in [0.2, 0.25) is 0 Å². The van der Waals surface area contributed by atoms with Gasteiger partial charge in [0.25, 0.3) is 0 Å². The van der Waals surface area contributed by atoms with E-state index in [4.69, 9.17) is 10.5 Å². The van der Waals surface area contributed by atoms with E-state index in [1.165, 1.54) is 20.0 Å². The van der Waals surface area contributed by atoms with Gasteiger partial charge in [0, 0.05) is 6.04 Å². The molecule has 0 spiro atoms. The topological polar surface area (TPSA) is 52.3 Å².